The summed E-state index contributed by atoms with van der Waals surface area (Å²) in [7, 11) is 0. The molecule has 1 aromatic rings. The summed E-state index contributed by atoms with van der Waals surface area (Å²) in [6, 6.07) is -0.795. The Bertz CT molecular complexity index is 862. The molecule has 3 amide bonds. The second-order valence-electron chi connectivity index (χ2n) is 9.94. The van der Waals surface area contributed by atoms with Crippen LogP contribution in [0.25, 0.3) is 0 Å². The molecule has 2 fully saturated rings. The Labute approximate surface area is 194 Å². The van der Waals surface area contributed by atoms with Crippen molar-refractivity contribution in [1.82, 2.24) is 14.8 Å². The Kier molecular flexibility index (Phi) is 7.10. The number of fused-ring (bicyclic) bond motifs is 1. The molecular weight excluding hydrogens is 424 g/mol. The van der Waals surface area contributed by atoms with Gasteiger partial charge < -0.3 is 5.32 Å². The maximum Gasteiger partial charge on any atom is 0.249 e. The van der Waals surface area contributed by atoms with Gasteiger partial charge in [-0.2, -0.15) is 0 Å². The van der Waals surface area contributed by atoms with E-state index in [9.17, 15) is 14.4 Å². The standard InChI is InChI=1S/C24H34N4O3S/c1-15(2)12-20(28-22(30)18-6-4-5-7-19(18)23(28)31)21(29)26-24-25-17(14-32-24)13-27-10-8-16(3)9-11-27/h4-5,14-16,18-20H,6-13H2,1-3H3,(H,25,26,29)/t18-,19-,20+/m0/s1. The van der Waals surface area contributed by atoms with E-state index in [0.717, 1.165) is 31.2 Å². The van der Waals surface area contributed by atoms with E-state index in [1.807, 2.05) is 31.4 Å². The first kappa shape index (κ1) is 23.1. The number of allylic oxidation sites excluding steroid dienone is 2. The highest BCUT2D eigenvalue weighted by atomic mass is 32.1. The van der Waals surface area contributed by atoms with Crippen molar-refractivity contribution in [2.24, 2.45) is 23.7 Å². The number of hydrogen-bond donors (Lipinski definition) is 1. The molecule has 3 heterocycles. The minimum absolute atomic E-state index is 0.167. The molecule has 0 aromatic carbocycles. The number of nitrogens with zero attached hydrogens (tertiary/aromatic N) is 3. The maximum absolute atomic E-state index is 13.3. The largest absolute Gasteiger partial charge is 0.300 e. The fraction of sp³-hybridized carbons (Fsp3) is 0.667. The number of aromatic nitrogens is 1. The van der Waals surface area contributed by atoms with Crippen molar-refractivity contribution in [3.8, 4) is 0 Å². The molecule has 0 bridgehead atoms. The van der Waals surface area contributed by atoms with Gasteiger partial charge >= 0.3 is 0 Å². The Morgan fingerprint density at radius 2 is 1.78 bits per heavy atom. The summed E-state index contributed by atoms with van der Waals surface area (Å²) in [4.78, 5) is 47.6. The molecule has 1 aliphatic carbocycles. The third-order valence-corrected chi connectivity index (χ3v) is 7.70. The van der Waals surface area contributed by atoms with Crippen molar-refractivity contribution in [3.63, 3.8) is 0 Å². The molecule has 0 unspecified atom stereocenters. The Hall–Kier alpha value is -2.06. The molecule has 7 nitrogen and oxygen atoms in total. The quantitative estimate of drug-likeness (QED) is 0.498. The SMILES string of the molecule is CC(C)C[C@H](C(=O)Nc1nc(CN2CCC(C)CC2)cs1)N1C(=O)[C@H]2CC=CC[C@@H]2C1=O. The van der Waals surface area contributed by atoms with Gasteiger partial charge in [-0.05, 0) is 57.0 Å². The number of hydrogen-bond acceptors (Lipinski definition) is 6. The molecule has 8 heteroatoms. The van der Waals surface area contributed by atoms with Crippen molar-refractivity contribution in [2.45, 2.75) is 65.5 Å². The predicted octanol–water partition coefficient (Wildman–Crippen LogP) is 3.68. The minimum Gasteiger partial charge on any atom is -0.300 e. The van der Waals surface area contributed by atoms with Gasteiger partial charge in [-0.1, -0.05) is 32.9 Å². The first-order valence-electron chi connectivity index (χ1n) is 11.8. The summed E-state index contributed by atoms with van der Waals surface area (Å²) in [6.07, 6.45) is 7.95. The van der Waals surface area contributed by atoms with Crippen LogP contribution >= 0.6 is 11.3 Å². The number of amides is 3. The van der Waals surface area contributed by atoms with E-state index in [0.29, 0.717) is 24.4 Å². The molecule has 32 heavy (non-hydrogen) atoms. The van der Waals surface area contributed by atoms with E-state index in [4.69, 9.17) is 0 Å². The summed E-state index contributed by atoms with van der Waals surface area (Å²) in [5, 5.41) is 5.41. The zero-order valence-electron chi connectivity index (χ0n) is 19.3. The lowest BCUT2D eigenvalue weighted by atomic mass is 9.85. The molecule has 3 aliphatic rings. The molecule has 2 aliphatic heterocycles. The van der Waals surface area contributed by atoms with Crippen LogP contribution in [0.1, 0.15) is 58.6 Å². The van der Waals surface area contributed by atoms with Gasteiger partial charge in [-0.25, -0.2) is 4.98 Å². The molecule has 0 saturated carbocycles. The lowest BCUT2D eigenvalue weighted by molar-refractivity contribution is -0.147. The van der Waals surface area contributed by atoms with Crippen LogP contribution in [0.3, 0.4) is 0 Å². The first-order valence-corrected chi connectivity index (χ1v) is 12.7. The number of carbonyl (C=O) groups is 3. The molecule has 1 aromatic heterocycles. The van der Waals surface area contributed by atoms with E-state index in [1.54, 1.807) is 0 Å². The van der Waals surface area contributed by atoms with Crippen LogP contribution in [0.15, 0.2) is 17.5 Å². The molecule has 0 spiro atoms. The van der Waals surface area contributed by atoms with Gasteiger partial charge in [0, 0.05) is 11.9 Å². The monoisotopic (exact) mass is 458 g/mol. The summed E-state index contributed by atoms with van der Waals surface area (Å²) >= 11 is 1.40. The number of nitrogens with one attached hydrogen (secondary N) is 1. The van der Waals surface area contributed by atoms with Crippen molar-refractivity contribution in [1.29, 1.82) is 0 Å². The number of rotatable bonds is 7. The van der Waals surface area contributed by atoms with E-state index in [2.05, 4.69) is 22.1 Å². The average molecular weight is 459 g/mol. The zero-order valence-corrected chi connectivity index (χ0v) is 20.1. The van der Waals surface area contributed by atoms with Gasteiger partial charge in [0.2, 0.25) is 17.7 Å². The lowest BCUT2D eigenvalue weighted by Gasteiger charge is -2.29. The van der Waals surface area contributed by atoms with E-state index in [-0.39, 0.29) is 35.5 Å². The average Bonchev–Trinajstić information content (AvgIpc) is 3.30. The van der Waals surface area contributed by atoms with Gasteiger partial charge in [0.15, 0.2) is 5.13 Å². The molecule has 1 N–H and O–H groups in total. The number of carbonyl (C=O) groups excluding carboxylic acids is 3. The first-order chi connectivity index (χ1) is 15.3. The van der Waals surface area contributed by atoms with Gasteiger partial charge in [0.05, 0.1) is 17.5 Å². The third-order valence-electron chi connectivity index (χ3n) is 6.89. The second-order valence-corrected chi connectivity index (χ2v) is 10.8. The molecule has 174 valence electrons. The highest BCUT2D eigenvalue weighted by molar-refractivity contribution is 7.13. The number of thiazole rings is 1. The normalized spacial score (nSPS) is 25.4. The van der Waals surface area contributed by atoms with Crippen molar-refractivity contribution in [2.75, 3.05) is 18.4 Å². The van der Waals surface area contributed by atoms with Gasteiger partial charge in [0.1, 0.15) is 6.04 Å². The predicted molar refractivity (Wildman–Crippen MR) is 125 cm³/mol. The topological polar surface area (TPSA) is 82.6 Å². The number of likely N-dealkylation sites (tertiary alicyclic amines) is 2. The van der Waals surface area contributed by atoms with Gasteiger partial charge in [-0.15, -0.1) is 11.3 Å². The Morgan fingerprint density at radius 1 is 1.16 bits per heavy atom. The van der Waals surface area contributed by atoms with Crippen LogP contribution in [-0.2, 0) is 20.9 Å². The van der Waals surface area contributed by atoms with Crippen LogP contribution in [0.4, 0.5) is 5.13 Å². The van der Waals surface area contributed by atoms with E-state index in [1.165, 1.54) is 29.1 Å². The highest BCUT2D eigenvalue weighted by Crippen LogP contribution is 2.37. The van der Waals surface area contributed by atoms with Crippen molar-refractivity contribution >= 4 is 34.2 Å². The zero-order chi connectivity index (χ0) is 22.8. The third kappa shape index (κ3) is 4.96. The van der Waals surface area contributed by atoms with Crippen molar-refractivity contribution < 1.29 is 14.4 Å². The van der Waals surface area contributed by atoms with Crippen LogP contribution < -0.4 is 5.32 Å². The molecule has 2 saturated heterocycles. The maximum atomic E-state index is 13.3. The summed E-state index contributed by atoms with van der Waals surface area (Å²) in [5.74, 6) is -0.429. The second kappa shape index (κ2) is 9.83. The molecule has 0 radical (unpaired) electrons. The fourth-order valence-electron chi connectivity index (χ4n) is 4.98. The van der Waals surface area contributed by atoms with E-state index < -0.39 is 6.04 Å². The van der Waals surface area contributed by atoms with Crippen LogP contribution in [-0.4, -0.2) is 51.6 Å². The van der Waals surface area contributed by atoms with Gasteiger partial charge in [-0.3, -0.25) is 24.2 Å². The number of anilines is 1. The summed E-state index contributed by atoms with van der Waals surface area (Å²) in [5.41, 5.74) is 0.950. The Balaban J connectivity index is 1.43. The molecule has 3 atom stereocenters. The number of imide groups is 1. The smallest absolute Gasteiger partial charge is 0.249 e. The van der Waals surface area contributed by atoms with E-state index >= 15 is 0 Å². The molecular formula is C24H34N4O3S. The van der Waals surface area contributed by atoms with Crippen LogP contribution in [0.5, 0.6) is 0 Å². The summed E-state index contributed by atoms with van der Waals surface area (Å²) in [6.45, 7) is 9.23. The fourth-order valence-corrected chi connectivity index (χ4v) is 5.69. The minimum atomic E-state index is -0.795. The Morgan fingerprint density at radius 3 is 2.38 bits per heavy atom. The van der Waals surface area contributed by atoms with Crippen LogP contribution in [0, 0.1) is 23.7 Å². The highest BCUT2D eigenvalue weighted by Gasteiger charge is 2.51. The number of piperidine rings is 1. The molecule has 4 rings (SSSR count). The van der Waals surface area contributed by atoms with Crippen molar-refractivity contribution in [3.05, 3.63) is 23.2 Å². The lowest BCUT2D eigenvalue weighted by Crippen LogP contribution is -2.48. The van der Waals surface area contributed by atoms with Gasteiger partial charge in [0.25, 0.3) is 0 Å². The summed E-state index contributed by atoms with van der Waals surface area (Å²) < 4.78 is 0. The van der Waals surface area contributed by atoms with Crippen LogP contribution in [0.2, 0.25) is 0 Å².